The third kappa shape index (κ3) is 5.04. The van der Waals surface area contributed by atoms with Gasteiger partial charge >= 0.3 is 0 Å². The van der Waals surface area contributed by atoms with Crippen molar-refractivity contribution in [2.75, 3.05) is 26.7 Å². The average molecular weight is 491 g/mol. The molecule has 1 amide bonds. The number of hydrogen-bond acceptors (Lipinski definition) is 5. The second-order valence-corrected chi connectivity index (χ2v) is 12.1. The number of ether oxygens (including phenoxy) is 1. The normalized spacial score (nSPS) is 26.2. The fraction of sp³-hybridized carbons (Fsp3) is 0.654. The predicted molar refractivity (Wildman–Crippen MR) is 132 cm³/mol. The van der Waals surface area contributed by atoms with Gasteiger partial charge < -0.3 is 14.7 Å². The van der Waals surface area contributed by atoms with E-state index in [4.69, 9.17) is 4.74 Å². The summed E-state index contributed by atoms with van der Waals surface area (Å²) in [5.74, 6) is 0.391. The molecule has 1 aromatic carbocycles. The molecule has 7 nitrogen and oxygen atoms in total. The van der Waals surface area contributed by atoms with E-state index in [1.165, 1.54) is 16.3 Å². The lowest BCUT2D eigenvalue weighted by atomic mass is 9.84. The largest absolute Gasteiger partial charge is 0.487 e. The molecular formula is C26H38N2O5S. The molecular weight excluding hydrogens is 452 g/mol. The molecule has 0 bridgehead atoms. The fourth-order valence-electron chi connectivity index (χ4n) is 5.07. The number of carbonyl (C=O) groups is 1. The number of aliphatic hydroxyl groups is 1. The minimum Gasteiger partial charge on any atom is -0.487 e. The van der Waals surface area contributed by atoms with Crippen LogP contribution in [-0.4, -0.2) is 67.5 Å². The Kier molecular flexibility index (Phi) is 7.69. The number of fused-ring (bicyclic) bond motifs is 1. The van der Waals surface area contributed by atoms with Crippen LogP contribution in [0, 0.1) is 11.8 Å². The Morgan fingerprint density at radius 2 is 2.03 bits per heavy atom. The van der Waals surface area contributed by atoms with E-state index in [0.29, 0.717) is 12.3 Å². The first-order chi connectivity index (χ1) is 16.2. The van der Waals surface area contributed by atoms with E-state index in [9.17, 15) is 18.3 Å². The number of nitrogens with zero attached hydrogens (tertiary/aromatic N) is 2. The predicted octanol–water partition coefficient (Wildman–Crippen LogP) is 3.67. The second kappa shape index (κ2) is 10.4. The molecule has 0 aromatic heterocycles. The molecule has 1 N–H and O–H groups in total. The molecule has 2 aliphatic carbocycles. The molecule has 1 aliphatic heterocycles. The van der Waals surface area contributed by atoms with Crippen molar-refractivity contribution < 1.29 is 23.1 Å². The SMILES string of the molecule is C[C@@H]1CN([C@@H](C)CO)S(=O)(=O)c2ccc(C3=CCCCC3)cc2O[C@@H]1CN(C)C(=O)C1CCC1. The molecule has 3 aliphatic rings. The third-order valence-electron chi connectivity index (χ3n) is 7.61. The van der Waals surface area contributed by atoms with Crippen LogP contribution in [-0.2, 0) is 14.8 Å². The van der Waals surface area contributed by atoms with Crippen LogP contribution in [0.2, 0.25) is 0 Å². The average Bonchev–Trinajstić information content (AvgIpc) is 2.79. The molecule has 1 aromatic rings. The Morgan fingerprint density at radius 3 is 2.65 bits per heavy atom. The summed E-state index contributed by atoms with van der Waals surface area (Å²) in [4.78, 5) is 14.7. The molecule has 34 heavy (non-hydrogen) atoms. The first-order valence-corrected chi connectivity index (χ1v) is 14.0. The van der Waals surface area contributed by atoms with Gasteiger partial charge in [0.05, 0.1) is 13.2 Å². The van der Waals surface area contributed by atoms with E-state index < -0.39 is 16.1 Å². The van der Waals surface area contributed by atoms with Gasteiger partial charge in [-0.3, -0.25) is 4.79 Å². The number of allylic oxidation sites excluding steroid dienone is 2. The van der Waals surface area contributed by atoms with E-state index >= 15 is 0 Å². The lowest BCUT2D eigenvalue weighted by molar-refractivity contribution is -0.138. The number of rotatable bonds is 6. The van der Waals surface area contributed by atoms with Crippen molar-refractivity contribution >= 4 is 21.5 Å². The number of carbonyl (C=O) groups excluding carboxylic acids is 1. The Morgan fingerprint density at radius 1 is 1.26 bits per heavy atom. The first-order valence-electron chi connectivity index (χ1n) is 12.6. The summed E-state index contributed by atoms with van der Waals surface area (Å²) in [5.41, 5.74) is 2.21. The van der Waals surface area contributed by atoms with Gasteiger partial charge in [0.1, 0.15) is 16.7 Å². The number of likely N-dealkylation sites (N-methyl/N-ethyl adjacent to an activating group) is 1. The van der Waals surface area contributed by atoms with Crippen LogP contribution in [0.4, 0.5) is 0 Å². The highest BCUT2D eigenvalue weighted by Crippen LogP contribution is 2.37. The molecule has 0 saturated heterocycles. The lowest BCUT2D eigenvalue weighted by Crippen LogP contribution is -2.50. The number of amides is 1. The van der Waals surface area contributed by atoms with E-state index in [1.54, 1.807) is 17.9 Å². The summed E-state index contributed by atoms with van der Waals surface area (Å²) in [6.07, 6.45) is 9.13. The Labute approximate surface area is 203 Å². The number of benzene rings is 1. The summed E-state index contributed by atoms with van der Waals surface area (Å²) < 4.78 is 35.1. The van der Waals surface area contributed by atoms with Crippen molar-refractivity contribution in [2.45, 2.75) is 75.8 Å². The smallest absolute Gasteiger partial charge is 0.247 e. The molecule has 8 heteroatoms. The van der Waals surface area contributed by atoms with Crippen molar-refractivity contribution in [3.05, 3.63) is 29.8 Å². The standard InChI is InChI=1S/C26H38N2O5S/c1-18-15-28(19(2)17-29)34(31,32)25-13-12-22(20-8-5-4-6-9-20)14-23(25)33-24(18)16-27(3)26(30)21-10-7-11-21/h8,12-14,18-19,21,24,29H,4-7,9-11,15-17H2,1-3H3/t18-,19+,24-/m1/s1. The van der Waals surface area contributed by atoms with Gasteiger partial charge in [0.15, 0.2) is 0 Å². The van der Waals surface area contributed by atoms with Crippen molar-refractivity contribution in [3.63, 3.8) is 0 Å². The summed E-state index contributed by atoms with van der Waals surface area (Å²) in [7, 11) is -2.05. The van der Waals surface area contributed by atoms with E-state index in [-0.39, 0.29) is 41.9 Å². The van der Waals surface area contributed by atoms with E-state index in [0.717, 1.165) is 44.1 Å². The van der Waals surface area contributed by atoms with Gasteiger partial charge in [-0.1, -0.05) is 25.5 Å². The molecule has 0 spiro atoms. The number of sulfonamides is 1. The number of hydrogen-bond donors (Lipinski definition) is 1. The highest BCUT2D eigenvalue weighted by Gasteiger charge is 2.39. The lowest BCUT2D eigenvalue weighted by Gasteiger charge is -2.38. The van der Waals surface area contributed by atoms with Crippen molar-refractivity contribution in [3.8, 4) is 5.75 Å². The van der Waals surface area contributed by atoms with Gasteiger partial charge in [0.25, 0.3) is 0 Å². The maximum atomic E-state index is 13.6. The first kappa shape index (κ1) is 25.2. The van der Waals surface area contributed by atoms with Gasteiger partial charge in [-0.05, 0) is 68.7 Å². The molecule has 1 heterocycles. The van der Waals surface area contributed by atoms with Gasteiger partial charge in [-0.25, -0.2) is 8.42 Å². The Balaban J connectivity index is 1.71. The maximum Gasteiger partial charge on any atom is 0.247 e. The van der Waals surface area contributed by atoms with Gasteiger partial charge in [-0.15, -0.1) is 0 Å². The quantitative estimate of drug-likeness (QED) is 0.658. The van der Waals surface area contributed by atoms with Crippen LogP contribution >= 0.6 is 0 Å². The third-order valence-corrected chi connectivity index (χ3v) is 9.63. The minimum atomic E-state index is -3.86. The summed E-state index contributed by atoms with van der Waals surface area (Å²) in [5, 5.41) is 9.81. The molecule has 1 saturated carbocycles. The van der Waals surface area contributed by atoms with E-state index in [2.05, 4.69) is 6.08 Å². The zero-order valence-electron chi connectivity index (χ0n) is 20.6. The minimum absolute atomic E-state index is 0.0947. The Bertz CT molecular complexity index is 1030. The fourth-order valence-corrected chi connectivity index (χ4v) is 6.90. The Hall–Kier alpha value is -1.90. The van der Waals surface area contributed by atoms with E-state index in [1.807, 2.05) is 26.1 Å². The number of aliphatic hydroxyl groups excluding tert-OH is 1. The zero-order valence-corrected chi connectivity index (χ0v) is 21.4. The molecule has 1 fully saturated rings. The van der Waals surface area contributed by atoms with Crippen LogP contribution in [0.25, 0.3) is 5.57 Å². The van der Waals surface area contributed by atoms with Gasteiger partial charge in [-0.2, -0.15) is 4.31 Å². The molecule has 3 atom stereocenters. The summed E-state index contributed by atoms with van der Waals surface area (Å²) >= 11 is 0. The van der Waals surface area contributed by atoms with Gasteiger partial charge in [0, 0.05) is 31.5 Å². The van der Waals surface area contributed by atoms with Gasteiger partial charge in [0.2, 0.25) is 15.9 Å². The molecule has 188 valence electrons. The molecule has 0 unspecified atom stereocenters. The summed E-state index contributed by atoms with van der Waals surface area (Å²) in [6.45, 7) is 4.01. The molecule has 0 radical (unpaired) electrons. The van der Waals surface area contributed by atoms with Crippen LogP contribution < -0.4 is 4.74 Å². The van der Waals surface area contributed by atoms with Crippen molar-refractivity contribution in [1.82, 2.24) is 9.21 Å². The maximum absolute atomic E-state index is 13.6. The molecule has 4 rings (SSSR count). The van der Waals surface area contributed by atoms with Crippen molar-refractivity contribution in [1.29, 1.82) is 0 Å². The monoisotopic (exact) mass is 490 g/mol. The zero-order chi connectivity index (χ0) is 24.5. The van der Waals surface area contributed by atoms with Crippen LogP contribution in [0.5, 0.6) is 5.75 Å². The highest BCUT2D eigenvalue weighted by atomic mass is 32.2. The summed E-state index contributed by atoms with van der Waals surface area (Å²) in [6, 6.07) is 4.80. The van der Waals surface area contributed by atoms with Crippen LogP contribution in [0.3, 0.4) is 0 Å². The van der Waals surface area contributed by atoms with Crippen molar-refractivity contribution in [2.24, 2.45) is 11.8 Å². The topological polar surface area (TPSA) is 87.2 Å². The van der Waals surface area contributed by atoms with Crippen LogP contribution in [0.1, 0.15) is 64.4 Å². The second-order valence-electron chi connectivity index (χ2n) is 10.2. The highest BCUT2D eigenvalue weighted by molar-refractivity contribution is 7.89. The van der Waals surface area contributed by atoms with Crippen LogP contribution in [0.15, 0.2) is 29.2 Å².